The van der Waals surface area contributed by atoms with Gasteiger partial charge in [-0.3, -0.25) is 9.59 Å². The Labute approximate surface area is 119 Å². The van der Waals surface area contributed by atoms with E-state index in [1.807, 2.05) is 49.4 Å². The number of allylic oxidation sites excluding steroid dienone is 1. The van der Waals surface area contributed by atoms with Crippen molar-refractivity contribution in [1.82, 2.24) is 10.2 Å². The lowest BCUT2D eigenvalue weighted by molar-refractivity contribution is -0.154. The first-order valence-electron chi connectivity index (χ1n) is 6.77. The Bertz CT molecular complexity index is 535. The fourth-order valence-corrected chi connectivity index (χ4v) is 2.32. The second-order valence-electron chi connectivity index (χ2n) is 5.39. The Balaban J connectivity index is 2.35. The molecular weight excluding hydrogens is 252 g/mol. The Hall–Kier alpha value is -2.10. The number of hydrogen-bond acceptors (Lipinski definition) is 2. The molecule has 2 rings (SSSR count). The van der Waals surface area contributed by atoms with Crippen LogP contribution in [0.2, 0.25) is 0 Å². The van der Waals surface area contributed by atoms with E-state index in [9.17, 15) is 9.59 Å². The molecule has 4 nitrogen and oxygen atoms in total. The standard InChI is InChI=1S/C16H20N2O2/c1-4-5-11-18-14(19)13(12-9-7-6-8-10-12)17-15(20)16(18,2)3/h4-10,13H,11H2,1-3H3,(H,17,20)/b5-4+. The van der Waals surface area contributed by atoms with Crippen LogP contribution in [0.4, 0.5) is 0 Å². The van der Waals surface area contributed by atoms with Gasteiger partial charge in [0, 0.05) is 6.54 Å². The molecule has 0 saturated carbocycles. The van der Waals surface area contributed by atoms with Crippen LogP contribution < -0.4 is 5.32 Å². The minimum Gasteiger partial charge on any atom is -0.338 e. The second kappa shape index (κ2) is 5.49. The first-order valence-corrected chi connectivity index (χ1v) is 6.77. The smallest absolute Gasteiger partial charge is 0.250 e. The summed E-state index contributed by atoms with van der Waals surface area (Å²) >= 11 is 0. The summed E-state index contributed by atoms with van der Waals surface area (Å²) in [6, 6.07) is 8.74. The van der Waals surface area contributed by atoms with Crippen molar-refractivity contribution in [2.45, 2.75) is 32.4 Å². The lowest BCUT2D eigenvalue weighted by Crippen LogP contribution is -2.65. The summed E-state index contributed by atoms with van der Waals surface area (Å²) in [5.41, 5.74) is -0.0196. The van der Waals surface area contributed by atoms with Gasteiger partial charge in [-0.1, -0.05) is 42.5 Å². The number of amides is 2. The predicted octanol–water partition coefficient (Wildman–Crippen LogP) is 2.04. The molecule has 0 bridgehead atoms. The molecule has 1 aromatic carbocycles. The maximum absolute atomic E-state index is 12.7. The van der Waals surface area contributed by atoms with Gasteiger partial charge >= 0.3 is 0 Å². The third-order valence-electron chi connectivity index (χ3n) is 3.68. The van der Waals surface area contributed by atoms with E-state index in [-0.39, 0.29) is 11.8 Å². The minimum atomic E-state index is -0.831. The van der Waals surface area contributed by atoms with Crippen LogP contribution in [0.1, 0.15) is 32.4 Å². The molecule has 1 aliphatic rings. The van der Waals surface area contributed by atoms with Crippen molar-refractivity contribution in [1.29, 1.82) is 0 Å². The average molecular weight is 272 g/mol. The molecule has 1 atom stereocenters. The summed E-state index contributed by atoms with van der Waals surface area (Å²) in [6.45, 7) is 5.88. The maximum atomic E-state index is 12.7. The molecule has 106 valence electrons. The number of carbonyl (C=O) groups is 2. The van der Waals surface area contributed by atoms with Crippen LogP contribution in [0, 0.1) is 0 Å². The van der Waals surface area contributed by atoms with Crippen molar-refractivity contribution in [2.75, 3.05) is 6.54 Å². The molecule has 1 unspecified atom stereocenters. The van der Waals surface area contributed by atoms with Crippen molar-refractivity contribution in [3.63, 3.8) is 0 Å². The Morgan fingerprint density at radius 1 is 1.25 bits per heavy atom. The van der Waals surface area contributed by atoms with Crippen molar-refractivity contribution < 1.29 is 9.59 Å². The number of carbonyl (C=O) groups excluding carboxylic acids is 2. The summed E-state index contributed by atoms with van der Waals surface area (Å²) in [5, 5.41) is 2.82. The highest BCUT2D eigenvalue weighted by atomic mass is 16.2. The molecule has 4 heteroatoms. The summed E-state index contributed by atoms with van der Waals surface area (Å²) in [6.07, 6.45) is 3.77. The zero-order valence-corrected chi connectivity index (χ0v) is 12.1. The van der Waals surface area contributed by atoms with Crippen molar-refractivity contribution >= 4 is 11.8 Å². The normalized spacial score (nSPS) is 22.1. The van der Waals surface area contributed by atoms with Crippen LogP contribution in [-0.4, -0.2) is 28.8 Å². The largest absolute Gasteiger partial charge is 0.338 e. The number of rotatable bonds is 3. The van der Waals surface area contributed by atoms with Crippen LogP contribution in [0.3, 0.4) is 0 Å². The van der Waals surface area contributed by atoms with Gasteiger partial charge in [0.25, 0.3) is 5.91 Å². The maximum Gasteiger partial charge on any atom is 0.250 e. The van der Waals surface area contributed by atoms with Gasteiger partial charge in [0.15, 0.2) is 0 Å². The van der Waals surface area contributed by atoms with Gasteiger partial charge in [0.2, 0.25) is 5.91 Å². The number of hydrogen-bond donors (Lipinski definition) is 1. The number of nitrogens with one attached hydrogen (secondary N) is 1. The number of nitrogens with zero attached hydrogens (tertiary/aromatic N) is 1. The summed E-state index contributed by atoms with van der Waals surface area (Å²) in [4.78, 5) is 26.6. The van der Waals surface area contributed by atoms with E-state index in [0.717, 1.165) is 5.56 Å². The second-order valence-corrected chi connectivity index (χ2v) is 5.39. The molecule has 1 aromatic rings. The van der Waals surface area contributed by atoms with Crippen LogP contribution in [0.5, 0.6) is 0 Å². The van der Waals surface area contributed by atoms with Crippen LogP contribution in [0.25, 0.3) is 0 Å². The van der Waals surface area contributed by atoms with Crippen LogP contribution in [0.15, 0.2) is 42.5 Å². The highest BCUT2D eigenvalue weighted by molar-refractivity contribution is 5.99. The molecular formula is C16H20N2O2. The Morgan fingerprint density at radius 2 is 1.90 bits per heavy atom. The van der Waals surface area contributed by atoms with Gasteiger partial charge in [-0.25, -0.2) is 0 Å². The van der Waals surface area contributed by atoms with E-state index < -0.39 is 11.6 Å². The molecule has 2 amide bonds. The van der Waals surface area contributed by atoms with E-state index in [1.165, 1.54) is 0 Å². The topological polar surface area (TPSA) is 49.4 Å². The van der Waals surface area contributed by atoms with Gasteiger partial charge in [0.05, 0.1) is 0 Å². The highest BCUT2D eigenvalue weighted by Crippen LogP contribution is 2.27. The molecule has 1 aliphatic heterocycles. The van der Waals surface area contributed by atoms with Crippen molar-refractivity contribution in [3.8, 4) is 0 Å². The monoisotopic (exact) mass is 272 g/mol. The zero-order valence-electron chi connectivity index (χ0n) is 12.1. The molecule has 0 spiro atoms. The van der Waals surface area contributed by atoms with E-state index in [2.05, 4.69) is 5.32 Å². The van der Waals surface area contributed by atoms with E-state index in [4.69, 9.17) is 0 Å². The average Bonchev–Trinajstić information content (AvgIpc) is 2.44. The molecule has 0 radical (unpaired) electrons. The van der Waals surface area contributed by atoms with E-state index in [0.29, 0.717) is 6.54 Å². The summed E-state index contributed by atoms with van der Waals surface area (Å²) < 4.78 is 0. The zero-order chi connectivity index (χ0) is 14.8. The van der Waals surface area contributed by atoms with Gasteiger partial charge < -0.3 is 10.2 Å². The Kier molecular flexibility index (Phi) is 3.93. The summed E-state index contributed by atoms with van der Waals surface area (Å²) in [7, 11) is 0. The van der Waals surface area contributed by atoms with Crippen LogP contribution in [-0.2, 0) is 9.59 Å². The van der Waals surface area contributed by atoms with Gasteiger partial charge in [-0.15, -0.1) is 0 Å². The predicted molar refractivity (Wildman–Crippen MR) is 77.9 cm³/mol. The molecule has 0 aromatic heterocycles. The van der Waals surface area contributed by atoms with Gasteiger partial charge in [0.1, 0.15) is 11.6 Å². The van der Waals surface area contributed by atoms with Crippen molar-refractivity contribution in [2.24, 2.45) is 0 Å². The lowest BCUT2D eigenvalue weighted by atomic mass is 9.93. The van der Waals surface area contributed by atoms with Gasteiger partial charge in [-0.2, -0.15) is 0 Å². The number of piperazine rings is 1. The molecule has 1 heterocycles. The first kappa shape index (κ1) is 14.3. The van der Waals surface area contributed by atoms with Gasteiger partial charge in [-0.05, 0) is 26.3 Å². The Morgan fingerprint density at radius 3 is 2.50 bits per heavy atom. The first-order chi connectivity index (χ1) is 9.48. The SMILES string of the molecule is C/C=C/CN1C(=O)C(c2ccccc2)NC(=O)C1(C)C. The summed E-state index contributed by atoms with van der Waals surface area (Å²) in [5.74, 6) is -0.200. The van der Waals surface area contributed by atoms with Crippen molar-refractivity contribution in [3.05, 3.63) is 48.0 Å². The molecule has 0 aliphatic carbocycles. The number of benzene rings is 1. The molecule has 1 N–H and O–H groups in total. The third kappa shape index (κ3) is 2.46. The fourth-order valence-electron chi connectivity index (χ4n) is 2.32. The molecule has 1 fully saturated rings. The highest BCUT2D eigenvalue weighted by Gasteiger charge is 2.46. The molecule has 20 heavy (non-hydrogen) atoms. The van der Waals surface area contributed by atoms with Crippen LogP contribution >= 0.6 is 0 Å². The quantitative estimate of drug-likeness (QED) is 0.856. The fraction of sp³-hybridized carbons (Fsp3) is 0.375. The minimum absolute atomic E-state index is 0.0705. The third-order valence-corrected chi connectivity index (χ3v) is 3.68. The lowest BCUT2D eigenvalue weighted by Gasteiger charge is -2.44. The van der Waals surface area contributed by atoms with E-state index in [1.54, 1.807) is 18.7 Å². The van der Waals surface area contributed by atoms with E-state index >= 15 is 0 Å². The molecule has 1 saturated heterocycles.